The van der Waals surface area contributed by atoms with Gasteiger partial charge in [0.05, 0.1) is 11.6 Å². The van der Waals surface area contributed by atoms with Crippen LogP contribution in [0.2, 0.25) is 0 Å². The Labute approximate surface area is 100 Å². The fraction of sp³-hybridized carbons (Fsp3) is 0.200. The van der Waals surface area contributed by atoms with Crippen molar-refractivity contribution < 1.29 is 4.79 Å². The Morgan fingerprint density at radius 1 is 1.00 bits per heavy atom. The SMILES string of the molecule is O=C1CCc2ccccc2C1c1ccccn1. The fourth-order valence-corrected chi connectivity index (χ4v) is 2.49. The molecule has 1 aliphatic carbocycles. The second-order valence-electron chi connectivity index (χ2n) is 4.35. The maximum absolute atomic E-state index is 12.1. The van der Waals surface area contributed by atoms with Crippen molar-refractivity contribution in [3.8, 4) is 0 Å². The molecule has 0 amide bonds. The molecule has 2 aromatic rings. The van der Waals surface area contributed by atoms with Crippen molar-refractivity contribution in [3.05, 3.63) is 65.5 Å². The molecule has 0 N–H and O–H groups in total. The number of aryl methyl sites for hydroxylation is 1. The van der Waals surface area contributed by atoms with Gasteiger partial charge in [0, 0.05) is 12.6 Å². The summed E-state index contributed by atoms with van der Waals surface area (Å²) in [6.45, 7) is 0. The maximum Gasteiger partial charge on any atom is 0.146 e. The molecule has 3 rings (SSSR count). The van der Waals surface area contributed by atoms with Gasteiger partial charge >= 0.3 is 0 Å². The summed E-state index contributed by atoms with van der Waals surface area (Å²) in [7, 11) is 0. The lowest BCUT2D eigenvalue weighted by atomic mass is 9.80. The third-order valence-corrected chi connectivity index (χ3v) is 3.31. The average molecular weight is 223 g/mol. The van der Waals surface area contributed by atoms with Gasteiger partial charge in [-0.25, -0.2) is 0 Å². The summed E-state index contributed by atoms with van der Waals surface area (Å²) >= 11 is 0. The number of hydrogen-bond acceptors (Lipinski definition) is 2. The van der Waals surface area contributed by atoms with E-state index in [0.717, 1.165) is 17.7 Å². The Hall–Kier alpha value is -1.96. The normalized spacial score (nSPS) is 18.8. The summed E-state index contributed by atoms with van der Waals surface area (Å²) in [5.41, 5.74) is 3.27. The Kier molecular flexibility index (Phi) is 2.48. The van der Waals surface area contributed by atoms with E-state index in [1.165, 1.54) is 5.56 Å². The van der Waals surface area contributed by atoms with E-state index in [2.05, 4.69) is 11.1 Å². The average Bonchev–Trinajstić information content (AvgIpc) is 2.39. The monoisotopic (exact) mass is 223 g/mol. The van der Waals surface area contributed by atoms with Crippen LogP contribution in [0.4, 0.5) is 0 Å². The molecule has 1 heterocycles. The molecule has 1 aliphatic rings. The minimum absolute atomic E-state index is 0.166. The zero-order chi connectivity index (χ0) is 11.7. The van der Waals surface area contributed by atoms with Crippen LogP contribution in [-0.4, -0.2) is 10.8 Å². The van der Waals surface area contributed by atoms with Crippen molar-refractivity contribution in [2.24, 2.45) is 0 Å². The van der Waals surface area contributed by atoms with Crippen molar-refractivity contribution in [2.75, 3.05) is 0 Å². The molecule has 17 heavy (non-hydrogen) atoms. The van der Waals surface area contributed by atoms with Gasteiger partial charge in [0.2, 0.25) is 0 Å². The zero-order valence-electron chi connectivity index (χ0n) is 9.47. The van der Waals surface area contributed by atoms with Gasteiger partial charge in [0.1, 0.15) is 5.78 Å². The molecule has 0 saturated heterocycles. The summed E-state index contributed by atoms with van der Waals surface area (Å²) in [4.78, 5) is 16.4. The Bertz CT molecular complexity index is 548. The van der Waals surface area contributed by atoms with E-state index in [9.17, 15) is 4.79 Å². The first-order valence-electron chi connectivity index (χ1n) is 5.88. The summed E-state index contributed by atoms with van der Waals surface area (Å²) < 4.78 is 0. The molecule has 1 unspecified atom stereocenters. The number of carbonyl (C=O) groups is 1. The van der Waals surface area contributed by atoms with Gasteiger partial charge in [-0.15, -0.1) is 0 Å². The maximum atomic E-state index is 12.1. The lowest BCUT2D eigenvalue weighted by Crippen LogP contribution is -2.22. The van der Waals surface area contributed by atoms with E-state index in [0.29, 0.717) is 6.42 Å². The zero-order valence-corrected chi connectivity index (χ0v) is 9.47. The number of benzene rings is 1. The lowest BCUT2D eigenvalue weighted by Gasteiger charge is -2.23. The van der Waals surface area contributed by atoms with Crippen LogP contribution in [0.1, 0.15) is 29.2 Å². The topological polar surface area (TPSA) is 30.0 Å². The second-order valence-corrected chi connectivity index (χ2v) is 4.35. The van der Waals surface area contributed by atoms with Crippen molar-refractivity contribution in [2.45, 2.75) is 18.8 Å². The largest absolute Gasteiger partial charge is 0.299 e. The van der Waals surface area contributed by atoms with E-state index in [4.69, 9.17) is 0 Å². The minimum atomic E-state index is -0.166. The fourth-order valence-electron chi connectivity index (χ4n) is 2.49. The Morgan fingerprint density at radius 2 is 1.82 bits per heavy atom. The van der Waals surface area contributed by atoms with Gasteiger partial charge in [-0.3, -0.25) is 9.78 Å². The molecule has 0 aliphatic heterocycles. The number of carbonyl (C=O) groups excluding carboxylic acids is 1. The number of hydrogen-bond donors (Lipinski definition) is 0. The van der Waals surface area contributed by atoms with Crippen LogP contribution < -0.4 is 0 Å². The van der Waals surface area contributed by atoms with Crippen LogP contribution in [0.15, 0.2) is 48.7 Å². The molecule has 2 nitrogen and oxygen atoms in total. The van der Waals surface area contributed by atoms with Crippen LogP contribution in [0.5, 0.6) is 0 Å². The van der Waals surface area contributed by atoms with Gasteiger partial charge < -0.3 is 0 Å². The molecule has 0 fully saturated rings. The van der Waals surface area contributed by atoms with Crippen molar-refractivity contribution in [1.29, 1.82) is 0 Å². The highest BCUT2D eigenvalue weighted by Gasteiger charge is 2.29. The third kappa shape index (κ3) is 1.76. The molecule has 1 aromatic heterocycles. The number of ketones is 1. The number of fused-ring (bicyclic) bond motifs is 1. The van der Waals surface area contributed by atoms with Gasteiger partial charge in [-0.1, -0.05) is 30.3 Å². The van der Waals surface area contributed by atoms with Gasteiger partial charge in [-0.05, 0) is 29.7 Å². The number of Topliss-reactive ketones (excluding diaryl/α,β-unsaturated/α-hetero) is 1. The summed E-state index contributed by atoms with van der Waals surface area (Å²) in [6, 6.07) is 13.9. The van der Waals surface area contributed by atoms with Crippen LogP contribution in [-0.2, 0) is 11.2 Å². The number of aromatic nitrogens is 1. The lowest BCUT2D eigenvalue weighted by molar-refractivity contribution is -0.120. The summed E-state index contributed by atoms with van der Waals surface area (Å²) in [5.74, 6) is 0.114. The minimum Gasteiger partial charge on any atom is -0.299 e. The first-order valence-corrected chi connectivity index (χ1v) is 5.88. The van der Waals surface area contributed by atoms with Crippen LogP contribution in [0, 0.1) is 0 Å². The molecular formula is C15H13NO. The molecule has 1 aromatic carbocycles. The van der Waals surface area contributed by atoms with E-state index < -0.39 is 0 Å². The predicted octanol–water partition coefficient (Wildman–Crippen LogP) is 2.73. The van der Waals surface area contributed by atoms with E-state index in [-0.39, 0.29) is 11.7 Å². The molecule has 0 spiro atoms. The van der Waals surface area contributed by atoms with E-state index in [1.54, 1.807) is 6.20 Å². The van der Waals surface area contributed by atoms with Gasteiger partial charge in [0.15, 0.2) is 0 Å². The molecule has 2 heteroatoms. The van der Waals surface area contributed by atoms with Gasteiger partial charge in [0.25, 0.3) is 0 Å². The molecule has 0 saturated carbocycles. The first kappa shape index (κ1) is 10.2. The van der Waals surface area contributed by atoms with Crippen molar-refractivity contribution in [1.82, 2.24) is 4.98 Å². The molecule has 0 radical (unpaired) electrons. The Balaban J connectivity index is 2.13. The van der Waals surface area contributed by atoms with Crippen LogP contribution in [0.3, 0.4) is 0 Å². The first-order chi connectivity index (χ1) is 8.36. The van der Waals surface area contributed by atoms with E-state index >= 15 is 0 Å². The number of nitrogens with zero attached hydrogens (tertiary/aromatic N) is 1. The standard InChI is InChI=1S/C15H13NO/c17-14-9-8-11-5-1-2-6-12(11)15(14)13-7-3-4-10-16-13/h1-7,10,15H,8-9H2. The second kappa shape index (κ2) is 4.13. The number of pyridine rings is 1. The summed E-state index contributed by atoms with van der Waals surface area (Å²) in [6.07, 6.45) is 3.23. The smallest absolute Gasteiger partial charge is 0.146 e. The highest BCUT2D eigenvalue weighted by molar-refractivity contribution is 5.90. The van der Waals surface area contributed by atoms with Gasteiger partial charge in [-0.2, -0.15) is 0 Å². The Morgan fingerprint density at radius 3 is 2.65 bits per heavy atom. The third-order valence-electron chi connectivity index (χ3n) is 3.31. The molecule has 84 valence electrons. The number of rotatable bonds is 1. The van der Waals surface area contributed by atoms with Crippen molar-refractivity contribution >= 4 is 5.78 Å². The highest BCUT2D eigenvalue weighted by Crippen LogP contribution is 2.32. The van der Waals surface area contributed by atoms with Crippen molar-refractivity contribution in [3.63, 3.8) is 0 Å². The quantitative estimate of drug-likeness (QED) is 0.744. The molecule has 1 atom stereocenters. The highest BCUT2D eigenvalue weighted by atomic mass is 16.1. The molecule has 0 bridgehead atoms. The summed E-state index contributed by atoms with van der Waals surface area (Å²) in [5, 5.41) is 0. The van der Waals surface area contributed by atoms with Crippen LogP contribution >= 0.6 is 0 Å². The molecular weight excluding hydrogens is 210 g/mol. The van der Waals surface area contributed by atoms with E-state index in [1.807, 2.05) is 36.4 Å². The van der Waals surface area contributed by atoms with Crippen LogP contribution in [0.25, 0.3) is 0 Å². The predicted molar refractivity (Wildman–Crippen MR) is 65.9 cm³/mol.